The van der Waals surface area contributed by atoms with E-state index in [0.29, 0.717) is 23.3 Å². The Hall–Kier alpha value is -3.40. The summed E-state index contributed by atoms with van der Waals surface area (Å²) in [6, 6.07) is 19.6. The minimum Gasteiger partial charge on any atom is -0.419 e. The molecule has 31 heavy (non-hydrogen) atoms. The van der Waals surface area contributed by atoms with E-state index in [1.807, 2.05) is 32.0 Å². The molecule has 0 saturated carbocycles. The van der Waals surface area contributed by atoms with Crippen LogP contribution < -0.4 is 9.47 Å². The number of hydrogen-bond donors (Lipinski definition) is 0. The quantitative estimate of drug-likeness (QED) is 0.362. The first-order valence-electron chi connectivity index (χ1n) is 10.4. The van der Waals surface area contributed by atoms with Crippen molar-refractivity contribution in [2.75, 3.05) is 0 Å². The van der Waals surface area contributed by atoms with Crippen LogP contribution in [0.3, 0.4) is 0 Å². The maximum Gasteiger partial charge on any atom is 0.343 e. The van der Waals surface area contributed by atoms with E-state index in [-0.39, 0.29) is 11.2 Å². The summed E-state index contributed by atoms with van der Waals surface area (Å²) in [5.74, 6) is -0.391. The van der Waals surface area contributed by atoms with Gasteiger partial charge in [-0.25, -0.2) is 9.59 Å². The molecular weight excluding hydrogens is 388 g/mol. The van der Waals surface area contributed by atoms with E-state index in [1.54, 1.807) is 48.5 Å². The molecule has 0 aromatic heterocycles. The van der Waals surface area contributed by atoms with Crippen molar-refractivity contribution >= 4 is 11.9 Å². The molecule has 0 spiro atoms. The summed E-state index contributed by atoms with van der Waals surface area (Å²) >= 11 is 0. The summed E-state index contributed by atoms with van der Waals surface area (Å²) < 4.78 is 11.7. The van der Waals surface area contributed by atoms with Crippen LogP contribution in [-0.4, -0.2) is 11.9 Å². The molecule has 4 nitrogen and oxygen atoms in total. The van der Waals surface area contributed by atoms with Gasteiger partial charge in [-0.1, -0.05) is 70.2 Å². The van der Waals surface area contributed by atoms with Gasteiger partial charge >= 0.3 is 11.9 Å². The largest absolute Gasteiger partial charge is 0.419 e. The van der Waals surface area contributed by atoms with Gasteiger partial charge in [0.2, 0.25) is 0 Å². The van der Waals surface area contributed by atoms with Crippen LogP contribution in [0.5, 0.6) is 11.5 Å². The number of ether oxygens (including phenoxy) is 2. The monoisotopic (exact) mass is 416 g/mol. The third-order valence-corrected chi connectivity index (χ3v) is 5.09. The van der Waals surface area contributed by atoms with Crippen LogP contribution in [0.25, 0.3) is 0 Å². The Balaban J connectivity index is 2.12. The fourth-order valence-electron chi connectivity index (χ4n) is 3.51. The standard InChI is InChI=1S/C27H28O4/c1-6-21-22(27(3,4)5)17-18(2)23(30-25(28)19-13-9-7-10-14-19)24(21)31-26(29)20-15-11-8-12-16-20/h7-17H,6H2,1-5H3. The smallest absolute Gasteiger partial charge is 0.343 e. The van der Waals surface area contributed by atoms with Gasteiger partial charge < -0.3 is 9.47 Å². The van der Waals surface area contributed by atoms with Crippen LogP contribution in [0.2, 0.25) is 0 Å². The number of carbonyl (C=O) groups is 2. The van der Waals surface area contributed by atoms with Crippen LogP contribution in [0.4, 0.5) is 0 Å². The summed E-state index contributed by atoms with van der Waals surface area (Å²) in [5.41, 5.74) is 3.35. The maximum absolute atomic E-state index is 12.9. The first-order chi connectivity index (χ1) is 14.7. The van der Waals surface area contributed by atoms with Gasteiger partial charge in [-0.05, 0) is 54.2 Å². The van der Waals surface area contributed by atoms with Crippen molar-refractivity contribution in [2.24, 2.45) is 0 Å². The van der Waals surface area contributed by atoms with Crippen molar-refractivity contribution < 1.29 is 19.1 Å². The number of hydrogen-bond acceptors (Lipinski definition) is 4. The number of benzene rings is 3. The second-order valence-corrected chi connectivity index (χ2v) is 8.49. The van der Waals surface area contributed by atoms with Crippen molar-refractivity contribution in [3.63, 3.8) is 0 Å². The Kier molecular flexibility index (Phi) is 6.59. The second kappa shape index (κ2) is 9.17. The molecule has 0 N–H and O–H groups in total. The molecule has 0 aliphatic carbocycles. The molecule has 0 aliphatic rings. The van der Waals surface area contributed by atoms with E-state index in [2.05, 4.69) is 20.8 Å². The van der Waals surface area contributed by atoms with Crippen molar-refractivity contribution in [2.45, 2.75) is 46.5 Å². The molecule has 160 valence electrons. The predicted octanol–water partition coefficient (Wildman–Crippen LogP) is 6.29. The van der Waals surface area contributed by atoms with Crippen molar-refractivity contribution in [3.8, 4) is 11.5 Å². The molecule has 0 saturated heterocycles. The Bertz CT molecular complexity index is 1080. The van der Waals surface area contributed by atoms with Crippen molar-refractivity contribution in [3.05, 3.63) is 94.5 Å². The van der Waals surface area contributed by atoms with Gasteiger partial charge in [-0.2, -0.15) is 0 Å². The fraction of sp³-hybridized carbons (Fsp3) is 0.259. The topological polar surface area (TPSA) is 52.6 Å². The number of esters is 2. The molecule has 3 rings (SSSR count). The number of aryl methyl sites for hydroxylation is 1. The van der Waals surface area contributed by atoms with Gasteiger partial charge in [0.25, 0.3) is 0 Å². The lowest BCUT2D eigenvalue weighted by molar-refractivity contribution is 0.0679. The summed E-state index contributed by atoms with van der Waals surface area (Å²) in [6.45, 7) is 10.2. The first-order valence-corrected chi connectivity index (χ1v) is 10.4. The molecule has 0 unspecified atom stereocenters. The third kappa shape index (κ3) is 5.02. The van der Waals surface area contributed by atoms with Crippen LogP contribution in [0.1, 0.15) is 65.1 Å². The molecular formula is C27H28O4. The highest BCUT2D eigenvalue weighted by Crippen LogP contribution is 2.42. The van der Waals surface area contributed by atoms with E-state index >= 15 is 0 Å². The third-order valence-electron chi connectivity index (χ3n) is 5.09. The van der Waals surface area contributed by atoms with E-state index in [4.69, 9.17) is 9.47 Å². The lowest BCUT2D eigenvalue weighted by atomic mass is 9.81. The summed E-state index contributed by atoms with van der Waals surface area (Å²) in [4.78, 5) is 25.7. The molecule has 0 radical (unpaired) electrons. The second-order valence-electron chi connectivity index (χ2n) is 8.49. The van der Waals surface area contributed by atoms with Gasteiger partial charge in [0.05, 0.1) is 11.1 Å². The van der Waals surface area contributed by atoms with Gasteiger partial charge in [0, 0.05) is 5.56 Å². The van der Waals surface area contributed by atoms with Crippen LogP contribution in [-0.2, 0) is 11.8 Å². The zero-order valence-corrected chi connectivity index (χ0v) is 18.7. The summed E-state index contributed by atoms with van der Waals surface area (Å²) in [5, 5.41) is 0. The first kappa shape index (κ1) is 22.3. The highest BCUT2D eigenvalue weighted by atomic mass is 16.6. The number of carbonyl (C=O) groups excluding carboxylic acids is 2. The molecule has 3 aromatic carbocycles. The molecule has 0 atom stereocenters. The summed E-state index contributed by atoms with van der Waals surface area (Å²) in [6.07, 6.45) is 0.625. The highest BCUT2D eigenvalue weighted by Gasteiger charge is 2.28. The van der Waals surface area contributed by atoms with Gasteiger partial charge in [-0.3, -0.25) is 0 Å². The minimum absolute atomic E-state index is 0.175. The van der Waals surface area contributed by atoms with E-state index in [9.17, 15) is 9.59 Å². The summed E-state index contributed by atoms with van der Waals surface area (Å²) in [7, 11) is 0. The highest BCUT2D eigenvalue weighted by molar-refractivity contribution is 5.93. The van der Waals surface area contributed by atoms with Crippen LogP contribution in [0, 0.1) is 6.92 Å². The SMILES string of the molecule is CCc1c(C(C)(C)C)cc(C)c(OC(=O)c2ccccc2)c1OC(=O)c1ccccc1. The van der Waals surface area contributed by atoms with Crippen LogP contribution >= 0.6 is 0 Å². The Morgan fingerprint density at radius 1 is 0.774 bits per heavy atom. The average Bonchev–Trinajstić information content (AvgIpc) is 2.76. The predicted molar refractivity (Wildman–Crippen MR) is 122 cm³/mol. The normalized spacial score (nSPS) is 11.1. The zero-order chi connectivity index (χ0) is 22.6. The van der Waals surface area contributed by atoms with E-state index < -0.39 is 11.9 Å². The molecule has 3 aromatic rings. The molecule has 0 amide bonds. The van der Waals surface area contributed by atoms with E-state index in [0.717, 1.165) is 16.7 Å². The lowest BCUT2D eigenvalue weighted by Crippen LogP contribution is -2.19. The van der Waals surface area contributed by atoms with Gasteiger partial charge in [0.1, 0.15) is 0 Å². The van der Waals surface area contributed by atoms with E-state index in [1.165, 1.54) is 0 Å². The van der Waals surface area contributed by atoms with Crippen LogP contribution in [0.15, 0.2) is 66.7 Å². The van der Waals surface area contributed by atoms with Crippen molar-refractivity contribution in [1.29, 1.82) is 0 Å². The Labute approximate surface area is 183 Å². The molecule has 4 heteroatoms. The molecule has 0 fully saturated rings. The minimum atomic E-state index is -0.494. The fourth-order valence-corrected chi connectivity index (χ4v) is 3.51. The molecule has 0 heterocycles. The lowest BCUT2D eigenvalue weighted by Gasteiger charge is -2.27. The van der Waals surface area contributed by atoms with Crippen molar-refractivity contribution in [1.82, 2.24) is 0 Å². The average molecular weight is 417 g/mol. The Morgan fingerprint density at radius 3 is 1.65 bits per heavy atom. The number of rotatable bonds is 5. The maximum atomic E-state index is 12.9. The van der Waals surface area contributed by atoms with Gasteiger partial charge in [0.15, 0.2) is 11.5 Å². The Morgan fingerprint density at radius 2 is 1.23 bits per heavy atom. The van der Waals surface area contributed by atoms with Gasteiger partial charge in [-0.15, -0.1) is 0 Å². The molecule has 0 aliphatic heterocycles. The zero-order valence-electron chi connectivity index (χ0n) is 18.7. The molecule has 0 bridgehead atoms.